The Morgan fingerprint density at radius 1 is 1.22 bits per heavy atom. The van der Waals surface area contributed by atoms with Crippen LogP contribution in [0.5, 0.6) is 0 Å². The molecule has 0 unspecified atom stereocenters. The maximum Gasteiger partial charge on any atom is 0.229 e. The van der Waals surface area contributed by atoms with E-state index in [2.05, 4.69) is 20.6 Å². The van der Waals surface area contributed by atoms with Crippen LogP contribution in [0.2, 0.25) is 0 Å². The summed E-state index contributed by atoms with van der Waals surface area (Å²) in [5.74, 6) is 1.27. The van der Waals surface area contributed by atoms with Crippen LogP contribution in [-0.2, 0) is 0 Å². The van der Waals surface area contributed by atoms with Crippen molar-refractivity contribution in [2.24, 2.45) is 0 Å². The van der Waals surface area contributed by atoms with E-state index < -0.39 is 0 Å². The number of hydrogen-bond donors (Lipinski definition) is 3. The zero-order valence-corrected chi connectivity index (χ0v) is 10.2. The Bertz CT molecular complexity index is 502. The van der Waals surface area contributed by atoms with Crippen LogP contribution in [0.4, 0.5) is 17.5 Å². The Morgan fingerprint density at radius 3 is 2.72 bits per heavy atom. The summed E-state index contributed by atoms with van der Waals surface area (Å²) in [4.78, 5) is 8.58. The van der Waals surface area contributed by atoms with E-state index in [1.165, 1.54) is 0 Å². The predicted molar refractivity (Wildman–Crippen MR) is 72.1 cm³/mol. The third-order valence-corrected chi connectivity index (χ3v) is 2.41. The molecule has 0 aliphatic rings. The van der Waals surface area contributed by atoms with Gasteiger partial charge in [0.15, 0.2) is 0 Å². The van der Waals surface area contributed by atoms with E-state index >= 15 is 0 Å². The smallest absolute Gasteiger partial charge is 0.229 e. The number of benzene rings is 1. The van der Waals surface area contributed by atoms with Crippen molar-refractivity contribution in [3.63, 3.8) is 0 Å². The van der Waals surface area contributed by atoms with Gasteiger partial charge in [0.1, 0.15) is 5.82 Å². The lowest BCUT2D eigenvalue weighted by molar-refractivity contribution is 0.311. The molecular weight excluding hydrogens is 228 g/mol. The molecule has 2 aromatic rings. The van der Waals surface area contributed by atoms with E-state index in [-0.39, 0.29) is 6.61 Å². The molecular formula is C13H16N4O. The Kier molecular flexibility index (Phi) is 4.09. The molecule has 0 aliphatic heterocycles. The van der Waals surface area contributed by atoms with Crippen molar-refractivity contribution < 1.29 is 5.11 Å². The number of anilines is 3. The highest BCUT2D eigenvalue weighted by Crippen LogP contribution is 2.16. The lowest BCUT2D eigenvalue weighted by Crippen LogP contribution is -2.10. The standard InChI is InChI=1S/C13H16N4O/c1-10-9-15-13(17-12(10)14-7-8-18)16-11-5-3-2-4-6-11/h2-6,9,18H,7-8H2,1H3,(H2,14,15,16,17). The molecule has 1 aromatic carbocycles. The van der Waals surface area contributed by atoms with Gasteiger partial charge in [-0.25, -0.2) is 4.98 Å². The molecule has 5 heteroatoms. The Hall–Kier alpha value is -2.14. The molecule has 0 radical (unpaired) electrons. The molecule has 0 saturated heterocycles. The van der Waals surface area contributed by atoms with Gasteiger partial charge in [-0.05, 0) is 19.1 Å². The van der Waals surface area contributed by atoms with Crippen molar-refractivity contribution >= 4 is 17.5 Å². The minimum Gasteiger partial charge on any atom is -0.395 e. The van der Waals surface area contributed by atoms with Gasteiger partial charge in [-0.15, -0.1) is 0 Å². The summed E-state index contributed by atoms with van der Waals surface area (Å²) in [6, 6.07) is 9.74. The van der Waals surface area contributed by atoms with Crippen molar-refractivity contribution in [3.8, 4) is 0 Å². The number of para-hydroxylation sites is 1. The molecule has 0 saturated carbocycles. The molecule has 1 heterocycles. The SMILES string of the molecule is Cc1cnc(Nc2ccccc2)nc1NCCO. The topological polar surface area (TPSA) is 70.1 Å². The van der Waals surface area contributed by atoms with Gasteiger partial charge < -0.3 is 15.7 Å². The lowest BCUT2D eigenvalue weighted by Gasteiger charge is -2.09. The van der Waals surface area contributed by atoms with Crippen LogP contribution in [0.1, 0.15) is 5.56 Å². The van der Waals surface area contributed by atoms with Crippen molar-refractivity contribution in [3.05, 3.63) is 42.1 Å². The number of nitrogens with one attached hydrogen (secondary N) is 2. The fourth-order valence-corrected chi connectivity index (χ4v) is 1.51. The number of aliphatic hydroxyl groups excluding tert-OH is 1. The van der Waals surface area contributed by atoms with Gasteiger partial charge >= 0.3 is 0 Å². The van der Waals surface area contributed by atoms with Crippen LogP contribution < -0.4 is 10.6 Å². The van der Waals surface area contributed by atoms with Crippen molar-refractivity contribution in [1.82, 2.24) is 9.97 Å². The number of aryl methyl sites for hydroxylation is 1. The summed E-state index contributed by atoms with van der Waals surface area (Å²) in [5.41, 5.74) is 1.89. The fraction of sp³-hybridized carbons (Fsp3) is 0.231. The third-order valence-electron chi connectivity index (χ3n) is 2.41. The highest BCUT2D eigenvalue weighted by atomic mass is 16.3. The lowest BCUT2D eigenvalue weighted by atomic mass is 10.3. The van der Waals surface area contributed by atoms with Crippen LogP contribution in [0.3, 0.4) is 0 Å². The van der Waals surface area contributed by atoms with Crippen LogP contribution in [0.25, 0.3) is 0 Å². The van der Waals surface area contributed by atoms with Gasteiger partial charge in [0, 0.05) is 24.0 Å². The highest BCUT2D eigenvalue weighted by Gasteiger charge is 2.03. The Balaban J connectivity index is 2.14. The van der Waals surface area contributed by atoms with Gasteiger partial charge in [0.2, 0.25) is 5.95 Å². The zero-order chi connectivity index (χ0) is 12.8. The number of hydrogen-bond acceptors (Lipinski definition) is 5. The highest BCUT2D eigenvalue weighted by molar-refractivity contribution is 5.55. The van der Waals surface area contributed by atoms with Gasteiger partial charge in [-0.1, -0.05) is 18.2 Å². The quantitative estimate of drug-likeness (QED) is 0.749. The Morgan fingerprint density at radius 2 is 2.00 bits per heavy atom. The molecule has 3 N–H and O–H groups in total. The summed E-state index contributed by atoms with van der Waals surface area (Å²) in [6.45, 7) is 2.47. The second-order valence-electron chi connectivity index (χ2n) is 3.87. The first kappa shape index (κ1) is 12.3. The van der Waals surface area contributed by atoms with Crippen LogP contribution >= 0.6 is 0 Å². The van der Waals surface area contributed by atoms with E-state index in [1.807, 2.05) is 37.3 Å². The van der Waals surface area contributed by atoms with E-state index in [1.54, 1.807) is 6.20 Å². The predicted octanol–water partition coefficient (Wildman–Crippen LogP) is 1.93. The van der Waals surface area contributed by atoms with Crippen LogP contribution in [0.15, 0.2) is 36.5 Å². The summed E-state index contributed by atoms with van der Waals surface area (Å²) in [5, 5.41) is 15.0. The first-order valence-electron chi connectivity index (χ1n) is 5.80. The summed E-state index contributed by atoms with van der Waals surface area (Å²) < 4.78 is 0. The van der Waals surface area contributed by atoms with Crippen LogP contribution in [-0.4, -0.2) is 28.2 Å². The average Bonchev–Trinajstić information content (AvgIpc) is 2.40. The van der Waals surface area contributed by atoms with Crippen molar-refractivity contribution in [2.45, 2.75) is 6.92 Å². The largest absolute Gasteiger partial charge is 0.395 e. The first-order chi connectivity index (χ1) is 8.79. The van der Waals surface area contributed by atoms with Gasteiger partial charge in [0.25, 0.3) is 0 Å². The van der Waals surface area contributed by atoms with E-state index in [0.717, 1.165) is 17.1 Å². The molecule has 0 fully saturated rings. The van der Waals surface area contributed by atoms with Crippen molar-refractivity contribution in [2.75, 3.05) is 23.8 Å². The molecule has 0 amide bonds. The zero-order valence-electron chi connectivity index (χ0n) is 10.2. The van der Waals surface area contributed by atoms with Gasteiger partial charge in [-0.3, -0.25) is 0 Å². The van der Waals surface area contributed by atoms with Gasteiger partial charge in [0.05, 0.1) is 6.61 Å². The average molecular weight is 244 g/mol. The molecule has 0 bridgehead atoms. The minimum atomic E-state index is 0.0743. The normalized spacial score (nSPS) is 10.1. The maximum absolute atomic E-state index is 8.80. The number of aliphatic hydroxyl groups is 1. The second-order valence-corrected chi connectivity index (χ2v) is 3.87. The molecule has 0 atom stereocenters. The number of aromatic nitrogens is 2. The van der Waals surface area contributed by atoms with E-state index in [4.69, 9.17) is 5.11 Å². The molecule has 2 rings (SSSR count). The second kappa shape index (κ2) is 5.97. The third kappa shape index (κ3) is 3.18. The fourth-order valence-electron chi connectivity index (χ4n) is 1.51. The maximum atomic E-state index is 8.80. The molecule has 0 spiro atoms. The van der Waals surface area contributed by atoms with Crippen LogP contribution in [0, 0.1) is 6.92 Å². The minimum absolute atomic E-state index is 0.0743. The molecule has 5 nitrogen and oxygen atoms in total. The molecule has 0 aliphatic carbocycles. The van der Waals surface area contributed by atoms with E-state index in [0.29, 0.717) is 12.5 Å². The summed E-state index contributed by atoms with van der Waals surface area (Å²) in [6.07, 6.45) is 1.75. The molecule has 18 heavy (non-hydrogen) atoms. The Labute approximate surface area is 106 Å². The van der Waals surface area contributed by atoms with Gasteiger partial charge in [-0.2, -0.15) is 4.98 Å². The summed E-state index contributed by atoms with van der Waals surface area (Å²) in [7, 11) is 0. The number of rotatable bonds is 5. The first-order valence-corrected chi connectivity index (χ1v) is 5.80. The molecule has 94 valence electrons. The summed E-state index contributed by atoms with van der Waals surface area (Å²) >= 11 is 0. The van der Waals surface area contributed by atoms with Crippen molar-refractivity contribution in [1.29, 1.82) is 0 Å². The monoisotopic (exact) mass is 244 g/mol. The number of nitrogens with zero attached hydrogens (tertiary/aromatic N) is 2. The van der Waals surface area contributed by atoms with E-state index in [9.17, 15) is 0 Å². The molecule has 1 aromatic heterocycles.